The number of aromatic amines is 1. The van der Waals surface area contributed by atoms with E-state index in [0.29, 0.717) is 5.75 Å². The van der Waals surface area contributed by atoms with Gasteiger partial charge in [0.1, 0.15) is 5.75 Å². The lowest BCUT2D eigenvalue weighted by Crippen LogP contribution is -2.34. The molecule has 1 N–H and O–H groups in total. The molecule has 5 rings (SSSR count). The van der Waals surface area contributed by atoms with Crippen molar-refractivity contribution in [3.8, 4) is 17.0 Å². The zero-order valence-electron chi connectivity index (χ0n) is 17.2. The van der Waals surface area contributed by atoms with E-state index in [2.05, 4.69) is 59.0 Å². The van der Waals surface area contributed by atoms with Crippen LogP contribution in [0.4, 0.5) is 5.95 Å². The molecule has 0 saturated heterocycles. The molecule has 0 saturated carbocycles. The summed E-state index contributed by atoms with van der Waals surface area (Å²) in [5.74, 6) is 1.43. The number of aromatic nitrogens is 5. The molecule has 3 aromatic heterocycles. The topological polar surface area (TPSA) is 89.0 Å². The molecule has 1 aliphatic heterocycles. The van der Waals surface area contributed by atoms with Gasteiger partial charge in [-0.25, -0.2) is 9.97 Å². The van der Waals surface area contributed by atoms with Gasteiger partial charge in [-0.2, -0.15) is 0 Å². The standard InChI is InChI=1S/C22H21BrN6O2/c1-13-20-16-9-18(15-5-3-4-6-19(15)31-12-30-2)27-28-21(16)26-17(20)7-8-29(13)22-24-10-14(23)11-25-22/h3-6,9-11,13H,7-8,12H2,1-2H3,(H,26,28)/t13-/m0/s1. The Balaban J connectivity index is 1.57. The van der Waals surface area contributed by atoms with Crippen molar-refractivity contribution in [3.63, 3.8) is 0 Å². The predicted octanol–water partition coefficient (Wildman–Crippen LogP) is 4.28. The third-order valence-electron chi connectivity index (χ3n) is 5.53. The molecule has 8 nitrogen and oxygen atoms in total. The number of hydrogen-bond donors (Lipinski definition) is 1. The third-order valence-corrected chi connectivity index (χ3v) is 5.93. The normalized spacial score (nSPS) is 15.8. The van der Waals surface area contributed by atoms with Crippen LogP contribution >= 0.6 is 15.9 Å². The molecule has 1 aliphatic rings. The van der Waals surface area contributed by atoms with Crippen LogP contribution in [-0.4, -0.2) is 45.6 Å². The summed E-state index contributed by atoms with van der Waals surface area (Å²) in [4.78, 5) is 14.7. The van der Waals surface area contributed by atoms with Gasteiger partial charge in [-0.3, -0.25) is 0 Å². The van der Waals surface area contributed by atoms with Crippen molar-refractivity contribution in [1.29, 1.82) is 0 Å². The van der Waals surface area contributed by atoms with Gasteiger partial charge in [-0.15, -0.1) is 10.2 Å². The van der Waals surface area contributed by atoms with E-state index in [-0.39, 0.29) is 12.8 Å². The summed E-state index contributed by atoms with van der Waals surface area (Å²) in [6.07, 6.45) is 4.42. The Morgan fingerprint density at radius 2 is 2.00 bits per heavy atom. The molecule has 0 unspecified atom stereocenters. The molecule has 9 heteroatoms. The Kier molecular flexibility index (Phi) is 5.29. The molecular weight excluding hydrogens is 460 g/mol. The summed E-state index contributed by atoms with van der Waals surface area (Å²) < 4.78 is 11.7. The van der Waals surface area contributed by atoms with Gasteiger partial charge in [0, 0.05) is 54.7 Å². The second kappa shape index (κ2) is 8.24. The highest BCUT2D eigenvalue weighted by Gasteiger charge is 2.30. The highest BCUT2D eigenvalue weighted by atomic mass is 79.9. The van der Waals surface area contributed by atoms with Crippen LogP contribution < -0.4 is 9.64 Å². The molecule has 0 radical (unpaired) electrons. The maximum atomic E-state index is 5.73. The molecule has 4 heterocycles. The minimum Gasteiger partial charge on any atom is -0.467 e. The number of nitrogens with one attached hydrogen (secondary N) is 1. The molecule has 31 heavy (non-hydrogen) atoms. The Labute approximate surface area is 187 Å². The zero-order valence-corrected chi connectivity index (χ0v) is 18.8. The number of para-hydroxylation sites is 1. The lowest BCUT2D eigenvalue weighted by molar-refractivity contribution is 0.0515. The van der Waals surface area contributed by atoms with E-state index in [1.807, 2.05) is 24.3 Å². The Hall–Kier alpha value is -3.04. The number of benzene rings is 1. The van der Waals surface area contributed by atoms with Gasteiger partial charge in [-0.05, 0) is 41.1 Å². The molecule has 0 spiro atoms. The Morgan fingerprint density at radius 1 is 1.19 bits per heavy atom. The number of rotatable bonds is 5. The van der Waals surface area contributed by atoms with E-state index in [1.165, 1.54) is 11.3 Å². The summed E-state index contributed by atoms with van der Waals surface area (Å²) in [7, 11) is 1.60. The fraction of sp³-hybridized carbons (Fsp3) is 0.273. The first-order chi connectivity index (χ1) is 15.2. The number of halogens is 1. The molecule has 0 amide bonds. The van der Waals surface area contributed by atoms with Crippen molar-refractivity contribution >= 4 is 32.9 Å². The largest absolute Gasteiger partial charge is 0.467 e. The van der Waals surface area contributed by atoms with Gasteiger partial charge in [0.05, 0.1) is 16.2 Å². The van der Waals surface area contributed by atoms with Gasteiger partial charge >= 0.3 is 0 Å². The van der Waals surface area contributed by atoms with Crippen molar-refractivity contribution in [1.82, 2.24) is 25.1 Å². The summed E-state index contributed by atoms with van der Waals surface area (Å²) >= 11 is 3.41. The van der Waals surface area contributed by atoms with Crippen LogP contribution in [0.5, 0.6) is 5.75 Å². The summed E-state index contributed by atoms with van der Waals surface area (Å²) in [5.41, 5.74) is 4.81. The van der Waals surface area contributed by atoms with Crippen molar-refractivity contribution in [3.05, 3.63) is 58.5 Å². The fourth-order valence-electron chi connectivity index (χ4n) is 4.10. The monoisotopic (exact) mass is 480 g/mol. The number of ether oxygens (including phenoxy) is 2. The first-order valence-corrected chi connectivity index (χ1v) is 10.8. The number of hydrogen-bond acceptors (Lipinski definition) is 7. The molecule has 1 atom stereocenters. The SMILES string of the molecule is COCOc1ccccc1-c1cc2c3c([nH]c2nn1)CCN(c1ncc(Br)cn1)[C@H]3C. The van der Waals surface area contributed by atoms with Crippen LogP contribution in [0.15, 0.2) is 47.2 Å². The minimum absolute atomic E-state index is 0.0933. The maximum Gasteiger partial charge on any atom is 0.225 e. The molecule has 0 bridgehead atoms. The predicted molar refractivity (Wildman–Crippen MR) is 121 cm³/mol. The van der Waals surface area contributed by atoms with Crippen molar-refractivity contribution < 1.29 is 9.47 Å². The maximum absolute atomic E-state index is 5.73. The van der Waals surface area contributed by atoms with E-state index < -0.39 is 0 Å². The molecule has 1 aromatic carbocycles. The number of methoxy groups -OCH3 is 1. The van der Waals surface area contributed by atoms with Crippen molar-refractivity contribution in [2.75, 3.05) is 25.3 Å². The van der Waals surface area contributed by atoms with E-state index in [1.54, 1.807) is 19.5 Å². The highest BCUT2D eigenvalue weighted by Crippen LogP contribution is 2.38. The van der Waals surface area contributed by atoms with Crippen LogP contribution in [0, 0.1) is 0 Å². The van der Waals surface area contributed by atoms with Crippen LogP contribution in [0.3, 0.4) is 0 Å². The van der Waals surface area contributed by atoms with Crippen LogP contribution in [0.1, 0.15) is 24.2 Å². The summed E-state index contributed by atoms with van der Waals surface area (Å²) in [6, 6.07) is 9.94. The zero-order chi connectivity index (χ0) is 21.4. The van der Waals surface area contributed by atoms with Crippen LogP contribution in [-0.2, 0) is 11.2 Å². The van der Waals surface area contributed by atoms with E-state index in [0.717, 1.165) is 45.7 Å². The van der Waals surface area contributed by atoms with E-state index >= 15 is 0 Å². The second-order valence-corrected chi connectivity index (χ2v) is 8.29. The first kappa shape index (κ1) is 19.9. The minimum atomic E-state index is 0.0933. The van der Waals surface area contributed by atoms with Crippen LogP contribution in [0.25, 0.3) is 22.3 Å². The quantitative estimate of drug-likeness (QED) is 0.426. The number of fused-ring (bicyclic) bond motifs is 3. The van der Waals surface area contributed by atoms with Crippen molar-refractivity contribution in [2.45, 2.75) is 19.4 Å². The average molecular weight is 481 g/mol. The van der Waals surface area contributed by atoms with Gasteiger partial charge in [0.25, 0.3) is 0 Å². The smallest absolute Gasteiger partial charge is 0.225 e. The number of anilines is 1. The van der Waals surface area contributed by atoms with E-state index in [4.69, 9.17) is 9.47 Å². The fourth-order valence-corrected chi connectivity index (χ4v) is 4.31. The Morgan fingerprint density at radius 3 is 2.81 bits per heavy atom. The first-order valence-electron chi connectivity index (χ1n) is 9.99. The molecule has 158 valence electrons. The number of nitrogens with zero attached hydrogens (tertiary/aromatic N) is 5. The van der Waals surface area contributed by atoms with Crippen molar-refractivity contribution in [2.24, 2.45) is 0 Å². The van der Waals surface area contributed by atoms with Crippen LogP contribution in [0.2, 0.25) is 0 Å². The van der Waals surface area contributed by atoms with Gasteiger partial charge in [0.2, 0.25) is 5.95 Å². The van der Waals surface area contributed by atoms with Gasteiger partial charge in [-0.1, -0.05) is 12.1 Å². The summed E-state index contributed by atoms with van der Waals surface area (Å²) in [5, 5.41) is 9.99. The number of H-pyrrole nitrogens is 1. The Bertz CT molecular complexity index is 1230. The average Bonchev–Trinajstić information content (AvgIpc) is 3.17. The third kappa shape index (κ3) is 3.64. The lowest BCUT2D eigenvalue weighted by Gasteiger charge is -2.33. The molecule has 0 aliphatic carbocycles. The van der Waals surface area contributed by atoms with Gasteiger partial charge in [0.15, 0.2) is 12.4 Å². The van der Waals surface area contributed by atoms with Gasteiger partial charge < -0.3 is 19.4 Å². The van der Waals surface area contributed by atoms with E-state index in [9.17, 15) is 0 Å². The molecule has 4 aromatic rings. The second-order valence-electron chi connectivity index (χ2n) is 7.38. The molecule has 0 fully saturated rings. The lowest BCUT2D eigenvalue weighted by atomic mass is 9.97. The highest BCUT2D eigenvalue weighted by molar-refractivity contribution is 9.10. The summed E-state index contributed by atoms with van der Waals surface area (Å²) in [6.45, 7) is 3.18. The molecular formula is C22H21BrN6O2.